The second-order valence-electron chi connectivity index (χ2n) is 7.31. The molecule has 7 heteroatoms. The third kappa shape index (κ3) is 4.36. The van der Waals surface area contributed by atoms with Gasteiger partial charge in [0.2, 0.25) is 5.91 Å². The third-order valence-electron chi connectivity index (χ3n) is 3.92. The maximum Gasteiger partial charge on any atom is 0.266 e. The molecule has 0 saturated heterocycles. The minimum atomic E-state index is -0.323. The van der Waals surface area contributed by atoms with Gasteiger partial charge in [0.25, 0.3) is 5.56 Å². The van der Waals surface area contributed by atoms with Gasteiger partial charge in [-0.1, -0.05) is 36.0 Å². The molecule has 0 unspecified atom stereocenters. The molecule has 28 heavy (non-hydrogen) atoms. The van der Waals surface area contributed by atoms with E-state index in [-0.39, 0.29) is 22.8 Å². The van der Waals surface area contributed by atoms with Crippen LogP contribution in [0.1, 0.15) is 20.8 Å². The summed E-state index contributed by atoms with van der Waals surface area (Å²) >= 11 is 1.22. The molecule has 3 aromatic rings. The number of benzene rings is 2. The lowest BCUT2D eigenvalue weighted by atomic mass is 10.1. The average Bonchev–Trinajstić information content (AvgIpc) is 2.65. The molecular weight excluding hydrogens is 374 g/mol. The fourth-order valence-electron chi connectivity index (χ4n) is 2.82. The van der Waals surface area contributed by atoms with Gasteiger partial charge < -0.3 is 10.1 Å². The van der Waals surface area contributed by atoms with Crippen LogP contribution in [0.4, 0.5) is 0 Å². The van der Waals surface area contributed by atoms with Crippen LogP contribution in [-0.4, -0.2) is 33.9 Å². The number of nitrogens with one attached hydrogen (secondary N) is 1. The van der Waals surface area contributed by atoms with Crippen molar-refractivity contribution in [3.05, 3.63) is 58.9 Å². The smallest absolute Gasteiger partial charge is 0.266 e. The van der Waals surface area contributed by atoms with Crippen LogP contribution >= 0.6 is 11.8 Å². The number of carbonyl (C=O) groups excluding carboxylic acids is 1. The van der Waals surface area contributed by atoms with Gasteiger partial charge in [-0.3, -0.25) is 14.2 Å². The molecule has 3 rings (SSSR count). The van der Waals surface area contributed by atoms with Crippen molar-refractivity contribution >= 4 is 28.6 Å². The van der Waals surface area contributed by atoms with Crippen LogP contribution in [0.15, 0.2) is 58.5 Å². The van der Waals surface area contributed by atoms with E-state index in [0.29, 0.717) is 27.5 Å². The lowest BCUT2D eigenvalue weighted by molar-refractivity contribution is -0.119. The Kier molecular flexibility index (Phi) is 5.74. The van der Waals surface area contributed by atoms with Gasteiger partial charge in [0.1, 0.15) is 5.75 Å². The Bertz CT molecular complexity index is 1070. The Hall–Kier alpha value is -2.80. The molecule has 1 amide bonds. The first-order valence-corrected chi connectivity index (χ1v) is 9.88. The molecule has 0 spiro atoms. The summed E-state index contributed by atoms with van der Waals surface area (Å²) in [5.41, 5.74) is 0.662. The number of rotatable bonds is 5. The average molecular weight is 398 g/mol. The molecule has 2 aromatic carbocycles. The highest BCUT2D eigenvalue weighted by Crippen LogP contribution is 2.27. The van der Waals surface area contributed by atoms with Crippen LogP contribution in [0, 0.1) is 0 Å². The van der Waals surface area contributed by atoms with Gasteiger partial charge in [-0.2, -0.15) is 0 Å². The van der Waals surface area contributed by atoms with Crippen LogP contribution in [0.3, 0.4) is 0 Å². The summed E-state index contributed by atoms with van der Waals surface area (Å²) in [6.07, 6.45) is 0. The Balaban J connectivity index is 2.10. The number of ether oxygens (including phenoxy) is 1. The van der Waals surface area contributed by atoms with Gasteiger partial charge in [0.15, 0.2) is 5.16 Å². The molecule has 0 fully saturated rings. The van der Waals surface area contributed by atoms with Crippen LogP contribution in [0.5, 0.6) is 5.75 Å². The predicted molar refractivity (Wildman–Crippen MR) is 113 cm³/mol. The lowest BCUT2D eigenvalue weighted by Crippen LogP contribution is -2.41. The normalized spacial score (nSPS) is 11.4. The van der Waals surface area contributed by atoms with E-state index >= 15 is 0 Å². The summed E-state index contributed by atoms with van der Waals surface area (Å²) in [6, 6.07) is 14.4. The van der Waals surface area contributed by atoms with Crippen molar-refractivity contribution in [3.63, 3.8) is 0 Å². The predicted octanol–water partition coefficient (Wildman–Crippen LogP) is 3.40. The van der Waals surface area contributed by atoms with Gasteiger partial charge in [-0.05, 0) is 45.0 Å². The van der Waals surface area contributed by atoms with Crippen LogP contribution in [-0.2, 0) is 4.79 Å². The van der Waals surface area contributed by atoms with Gasteiger partial charge >= 0.3 is 0 Å². The van der Waals surface area contributed by atoms with E-state index in [1.54, 1.807) is 31.4 Å². The highest BCUT2D eigenvalue weighted by atomic mass is 32.2. The van der Waals surface area contributed by atoms with Crippen molar-refractivity contribution in [1.82, 2.24) is 14.9 Å². The number of nitrogens with zero attached hydrogens (tertiary/aromatic N) is 2. The van der Waals surface area contributed by atoms with Crippen molar-refractivity contribution in [2.24, 2.45) is 0 Å². The number of thioether (sulfide) groups is 1. The highest BCUT2D eigenvalue weighted by Gasteiger charge is 2.19. The first kappa shape index (κ1) is 19.9. The SMILES string of the molecule is COc1ccccc1-n1c(SCC(=O)NC(C)(C)C)nc2ccccc2c1=O. The number of hydrogen-bond acceptors (Lipinski definition) is 5. The molecular formula is C21H23N3O3S. The largest absolute Gasteiger partial charge is 0.495 e. The summed E-state index contributed by atoms with van der Waals surface area (Å²) in [6.45, 7) is 5.78. The van der Waals surface area contributed by atoms with Crippen molar-refractivity contribution in [3.8, 4) is 11.4 Å². The third-order valence-corrected chi connectivity index (χ3v) is 4.86. The maximum absolute atomic E-state index is 13.2. The molecule has 0 aliphatic rings. The van der Waals surface area contributed by atoms with Gasteiger partial charge in [-0.25, -0.2) is 4.98 Å². The number of fused-ring (bicyclic) bond motifs is 1. The first-order chi connectivity index (χ1) is 13.3. The summed E-state index contributed by atoms with van der Waals surface area (Å²) in [5, 5.41) is 3.88. The first-order valence-electron chi connectivity index (χ1n) is 8.89. The van der Waals surface area contributed by atoms with Crippen molar-refractivity contribution in [1.29, 1.82) is 0 Å². The number of methoxy groups -OCH3 is 1. The summed E-state index contributed by atoms with van der Waals surface area (Å²) in [7, 11) is 1.56. The van der Waals surface area contributed by atoms with Crippen molar-refractivity contribution in [2.75, 3.05) is 12.9 Å². The Morgan fingerprint density at radius 3 is 2.54 bits per heavy atom. The molecule has 1 N–H and O–H groups in total. The van der Waals surface area contributed by atoms with Crippen molar-refractivity contribution in [2.45, 2.75) is 31.5 Å². The van der Waals surface area contributed by atoms with Gasteiger partial charge in [-0.15, -0.1) is 0 Å². The number of hydrogen-bond donors (Lipinski definition) is 1. The second-order valence-corrected chi connectivity index (χ2v) is 8.25. The van der Waals surface area contributed by atoms with E-state index in [0.717, 1.165) is 0 Å². The summed E-state index contributed by atoms with van der Waals surface area (Å²) in [4.78, 5) is 30.2. The molecule has 0 aliphatic heterocycles. The van der Waals surface area contributed by atoms with E-state index in [4.69, 9.17) is 4.74 Å². The molecule has 0 aliphatic carbocycles. The van der Waals surface area contributed by atoms with E-state index in [9.17, 15) is 9.59 Å². The van der Waals surface area contributed by atoms with Crippen LogP contribution < -0.4 is 15.6 Å². The van der Waals surface area contributed by atoms with E-state index in [1.165, 1.54) is 16.3 Å². The molecule has 0 bridgehead atoms. The molecule has 6 nitrogen and oxygen atoms in total. The van der Waals surface area contributed by atoms with Crippen LogP contribution in [0.2, 0.25) is 0 Å². The zero-order valence-corrected chi connectivity index (χ0v) is 17.2. The van der Waals surface area contributed by atoms with Gasteiger partial charge in [0.05, 0.1) is 29.5 Å². The monoisotopic (exact) mass is 397 g/mol. The molecule has 0 atom stereocenters. The number of aromatic nitrogens is 2. The Morgan fingerprint density at radius 1 is 1.14 bits per heavy atom. The zero-order valence-electron chi connectivity index (χ0n) is 16.4. The lowest BCUT2D eigenvalue weighted by Gasteiger charge is -2.20. The Morgan fingerprint density at radius 2 is 1.82 bits per heavy atom. The standard InChI is InChI=1S/C21H23N3O3S/c1-21(2,3)23-18(25)13-28-20-22-15-10-6-5-9-14(15)19(26)24(20)16-11-7-8-12-17(16)27-4/h5-12H,13H2,1-4H3,(H,23,25). The molecule has 0 radical (unpaired) electrons. The maximum atomic E-state index is 13.2. The van der Waals surface area contributed by atoms with E-state index in [1.807, 2.05) is 45.0 Å². The number of carbonyl (C=O) groups is 1. The second kappa shape index (κ2) is 8.06. The topological polar surface area (TPSA) is 73.2 Å². The van der Waals surface area contributed by atoms with E-state index < -0.39 is 0 Å². The minimum absolute atomic E-state index is 0.119. The number of para-hydroxylation sites is 3. The Labute approximate surface area is 167 Å². The minimum Gasteiger partial charge on any atom is -0.495 e. The molecule has 0 saturated carbocycles. The molecule has 1 aromatic heterocycles. The van der Waals surface area contributed by atoms with Crippen molar-refractivity contribution < 1.29 is 9.53 Å². The summed E-state index contributed by atoms with van der Waals surface area (Å²) in [5.74, 6) is 0.589. The number of amides is 1. The molecule has 1 heterocycles. The van der Waals surface area contributed by atoms with Gasteiger partial charge in [0, 0.05) is 5.54 Å². The van der Waals surface area contributed by atoms with E-state index in [2.05, 4.69) is 10.3 Å². The molecule has 146 valence electrons. The van der Waals surface area contributed by atoms with Crippen LogP contribution in [0.25, 0.3) is 16.6 Å². The zero-order chi connectivity index (χ0) is 20.3. The summed E-state index contributed by atoms with van der Waals surface area (Å²) < 4.78 is 6.95. The quantitative estimate of drug-likeness (QED) is 0.528. The highest BCUT2D eigenvalue weighted by molar-refractivity contribution is 7.99. The fourth-order valence-corrected chi connectivity index (χ4v) is 3.63. The fraction of sp³-hybridized carbons (Fsp3) is 0.286.